The van der Waals surface area contributed by atoms with Crippen LogP contribution in [0.1, 0.15) is 25.7 Å². The van der Waals surface area contributed by atoms with Gasteiger partial charge in [0.25, 0.3) is 0 Å². The second-order valence-corrected chi connectivity index (χ2v) is 5.10. The number of hydrogen-bond donors (Lipinski definition) is 0. The highest BCUT2D eigenvalue weighted by Crippen LogP contribution is 2.25. The largest absolute Gasteiger partial charge is 0.342 e. The Hall–Kier alpha value is -0.180. The van der Waals surface area contributed by atoms with Crippen molar-refractivity contribution in [3.63, 3.8) is 0 Å². The molecule has 0 aromatic rings. The molecule has 2 nitrogen and oxygen atoms in total. The maximum atomic E-state index is 11.9. The molecule has 0 aliphatic carbocycles. The summed E-state index contributed by atoms with van der Waals surface area (Å²) in [5.74, 6) is 3.10. The van der Waals surface area contributed by atoms with E-state index in [9.17, 15) is 4.79 Å². The fraction of sp³-hybridized carbons (Fsp3) is 0.900. The summed E-state index contributed by atoms with van der Waals surface area (Å²) in [5, 5.41) is 0. The molecule has 0 aromatic heterocycles. The molecule has 2 aliphatic heterocycles. The third kappa shape index (κ3) is 2.19. The van der Waals surface area contributed by atoms with Crippen molar-refractivity contribution in [2.45, 2.75) is 25.7 Å². The van der Waals surface area contributed by atoms with Gasteiger partial charge in [0.15, 0.2) is 0 Å². The summed E-state index contributed by atoms with van der Waals surface area (Å²) in [4.78, 5) is 14.0. The Labute approximate surface area is 84.1 Å². The van der Waals surface area contributed by atoms with Crippen molar-refractivity contribution in [1.29, 1.82) is 0 Å². The Morgan fingerprint density at radius 2 is 2.00 bits per heavy atom. The molecule has 0 radical (unpaired) electrons. The van der Waals surface area contributed by atoms with Crippen LogP contribution in [0.5, 0.6) is 0 Å². The van der Waals surface area contributed by atoms with Gasteiger partial charge in [-0.05, 0) is 31.4 Å². The van der Waals surface area contributed by atoms with Crippen molar-refractivity contribution in [2.24, 2.45) is 5.92 Å². The predicted molar refractivity (Wildman–Crippen MR) is 55.9 cm³/mol. The van der Waals surface area contributed by atoms with Gasteiger partial charge in [-0.1, -0.05) is 0 Å². The number of likely N-dealkylation sites (tertiary alicyclic amines) is 1. The molecule has 1 unspecified atom stereocenters. The number of hydrogen-bond acceptors (Lipinski definition) is 2. The molecule has 0 aromatic carbocycles. The lowest BCUT2D eigenvalue weighted by Crippen LogP contribution is -2.36. The van der Waals surface area contributed by atoms with E-state index in [-0.39, 0.29) is 0 Å². The zero-order valence-electron chi connectivity index (χ0n) is 8.00. The fourth-order valence-corrected chi connectivity index (χ4v) is 3.26. The zero-order chi connectivity index (χ0) is 9.10. The molecular formula is C10H17NOS. The minimum atomic E-state index is 0.344. The molecule has 0 spiro atoms. The van der Waals surface area contributed by atoms with E-state index in [1.807, 2.05) is 11.8 Å². The molecule has 3 heteroatoms. The van der Waals surface area contributed by atoms with Crippen LogP contribution in [0.15, 0.2) is 0 Å². The molecule has 74 valence electrons. The Balaban J connectivity index is 1.87. The summed E-state index contributed by atoms with van der Waals surface area (Å²) in [5.41, 5.74) is 0. The topological polar surface area (TPSA) is 20.3 Å². The molecule has 2 fully saturated rings. The Morgan fingerprint density at radius 3 is 2.62 bits per heavy atom. The number of carbonyl (C=O) groups is 1. The van der Waals surface area contributed by atoms with E-state index >= 15 is 0 Å². The van der Waals surface area contributed by atoms with E-state index in [1.54, 1.807) is 0 Å². The molecular weight excluding hydrogens is 182 g/mol. The van der Waals surface area contributed by atoms with Gasteiger partial charge in [0, 0.05) is 24.8 Å². The van der Waals surface area contributed by atoms with Crippen LogP contribution in [0.2, 0.25) is 0 Å². The summed E-state index contributed by atoms with van der Waals surface area (Å²) < 4.78 is 0. The van der Waals surface area contributed by atoms with Gasteiger partial charge in [-0.25, -0.2) is 0 Å². The average molecular weight is 199 g/mol. The predicted octanol–water partition coefficient (Wildman–Crippen LogP) is 1.75. The fourth-order valence-electron chi connectivity index (χ4n) is 2.13. The summed E-state index contributed by atoms with van der Waals surface area (Å²) in [6.07, 6.45) is 4.79. The normalized spacial score (nSPS) is 29.2. The first kappa shape index (κ1) is 9.38. The molecule has 0 saturated carbocycles. The van der Waals surface area contributed by atoms with Crippen LogP contribution < -0.4 is 0 Å². The minimum absolute atomic E-state index is 0.344. The average Bonchev–Trinajstić information content (AvgIpc) is 2.71. The van der Waals surface area contributed by atoms with E-state index in [1.165, 1.54) is 25.0 Å². The highest BCUT2D eigenvalue weighted by Gasteiger charge is 2.27. The number of carbonyl (C=O) groups excluding carboxylic acids is 1. The minimum Gasteiger partial charge on any atom is -0.342 e. The molecule has 2 heterocycles. The van der Waals surface area contributed by atoms with Gasteiger partial charge in [-0.2, -0.15) is 11.8 Å². The second kappa shape index (κ2) is 4.36. The van der Waals surface area contributed by atoms with Crippen molar-refractivity contribution in [3.8, 4) is 0 Å². The lowest BCUT2D eigenvalue weighted by molar-refractivity contribution is -0.133. The quantitative estimate of drug-likeness (QED) is 0.641. The summed E-state index contributed by atoms with van der Waals surface area (Å²) in [6.45, 7) is 2.03. The zero-order valence-corrected chi connectivity index (χ0v) is 8.81. The summed E-state index contributed by atoms with van der Waals surface area (Å²) >= 11 is 1.94. The van der Waals surface area contributed by atoms with Crippen LogP contribution >= 0.6 is 11.8 Å². The van der Waals surface area contributed by atoms with Crippen LogP contribution in [0, 0.1) is 5.92 Å². The lowest BCUT2D eigenvalue weighted by atomic mass is 10.0. The standard InChI is InChI=1S/C10H17NOS/c12-10(11-5-1-2-6-11)9-4-3-7-13-8-9/h9H,1-8H2. The van der Waals surface area contributed by atoms with Crippen LogP contribution in [0.3, 0.4) is 0 Å². The molecule has 1 amide bonds. The summed E-state index contributed by atoms with van der Waals surface area (Å²) in [6, 6.07) is 0. The van der Waals surface area contributed by atoms with Gasteiger partial charge in [0.1, 0.15) is 0 Å². The van der Waals surface area contributed by atoms with E-state index in [0.717, 1.165) is 25.3 Å². The molecule has 0 N–H and O–H groups in total. The van der Waals surface area contributed by atoms with Crippen LogP contribution in [0.25, 0.3) is 0 Å². The van der Waals surface area contributed by atoms with Gasteiger partial charge < -0.3 is 4.90 Å². The van der Waals surface area contributed by atoms with E-state index in [4.69, 9.17) is 0 Å². The second-order valence-electron chi connectivity index (χ2n) is 3.95. The molecule has 2 rings (SSSR count). The van der Waals surface area contributed by atoms with Gasteiger partial charge in [-0.3, -0.25) is 4.79 Å². The molecule has 13 heavy (non-hydrogen) atoms. The van der Waals surface area contributed by atoms with Crippen LogP contribution in [0.4, 0.5) is 0 Å². The van der Waals surface area contributed by atoms with Crippen molar-refractivity contribution in [1.82, 2.24) is 4.90 Å². The van der Waals surface area contributed by atoms with E-state index in [2.05, 4.69) is 4.90 Å². The Kier molecular flexibility index (Phi) is 3.14. The molecule has 2 saturated heterocycles. The first-order valence-electron chi connectivity index (χ1n) is 5.24. The monoisotopic (exact) mass is 199 g/mol. The van der Waals surface area contributed by atoms with Gasteiger partial charge in [-0.15, -0.1) is 0 Å². The number of rotatable bonds is 1. The van der Waals surface area contributed by atoms with E-state index < -0.39 is 0 Å². The van der Waals surface area contributed by atoms with Crippen LogP contribution in [-0.4, -0.2) is 35.4 Å². The smallest absolute Gasteiger partial charge is 0.226 e. The highest BCUT2D eigenvalue weighted by atomic mass is 32.2. The van der Waals surface area contributed by atoms with Crippen molar-refractivity contribution >= 4 is 17.7 Å². The lowest BCUT2D eigenvalue weighted by Gasteiger charge is -2.25. The van der Waals surface area contributed by atoms with Crippen molar-refractivity contribution in [2.75, 3.05) is 24.6 Å². The van der Waals surface area contributed by atoms with Crippen molar-refractivity contribution < 1.29 is 4.79 Å². The number of thioether (sulfide) groups is 1. The van der Waals surface area contributed by atoms with Gasteiger partial charge in [0.2, 0.25) is 5.91 Å². The highest BCUT2D eigenvalue weighted by molar-refractivity contribution is 7.99. The van der Waals surface area contributed by atoms with Gasteiger partial charge in [0.05, 0.1) is 0 Å². The molecule has 0 bridgehead atoms. The molecule has 2 aliphatic rings. The van der Waals surface area contributed by atoms with Crippen LogP contribution in [-0.2, 0) is 4.79 Å². The van der Waals surface area contributed by atoms with Crippen molar-refractivity contribution in [3.05, 3.63) is 0 Å². The third-order valence-corrected chi connectivity index (χ3v) is 4.14. The maximum absolute atomic E-state index is 11.9. The van der Waals surface area contributed by atoms with Gasteiger partial charge >= 0.3 is 0 Å². The Morgan fingerprint density at radius 1 is 1.23 bits per heavy atom. The Bertz CT molecular complexity index is 183. The summed E-state index contributed by atoms with van der Waals surface area (Å²) in [7, 11) is 0. The third-order valence-electron chi connectivity index (χ3n) is 2.93. The van der Waals surface area contributed by atoms with E-state index in [0.29, 0.717) is 11.8 Å². The maximum Gasteiger partial charge on any atom is 0.226 e. The number of nitrogens with zero attached hydrogens (tertiary/aromatic N) is 1. The molecule has 1 atom stereocenters. The number of amides is 1. The first-order valence-corrected chi connectivity index (χ1v) is 6.40. The SMILES string of the molecule is O=C(C1CCCSC1)N1CCCC1. The first-order chi connectivity index (χ1) is 6.38.